The third-order valence-electron chi connectivity index (χ3n) is 2.19. The molecule has 2 N–H and O–H groups in total. The first kappa shape index (κ1) is 12.2. The molecule has 0 fully saturated rings. The van der Waals surface area contributed by atoms with Gasteiger partial charge in [0.2, 0.25) is 0 Å². The third kappa shape index (κ3) is 3.08. The molecule has 16 heavy (non-hydrogen) atoms. The van der Waals surface area contributed by atoms with E-state index in [0.29, 0.717) is 16.8 Å². The van der Waals surface area contributed by atoms with Gasteiger partial charge in [0.05, 0.1) is 13.5 Å². The van der Waals surface area contributed by atoms with Crippen LogP contribution in [0.1, 0.15) is 17.5 Å². The number of carbonyl (C=O) groups is 1. The lowest BCUT2D eigenvalue weighted by molar-refractivity contribution is -0.139. The fourth-order valence-electron chi connectivity index (χ4n) is 1.20. The van der Waals surface area contributed by atoms with E-state index in [1.807, 2.05) is 0 Å². The van der Waals surface area contributed by atoms with Crippen molar-refractivity contribution in [1.29, 1.82) is 0 Å². The maximum absolute atomic E-state index is 13.4. The second-order valence-corrected chi connectivity index (χ2v) is 3.41. The second-order valence-electron chi connectivity index (χ2n) is 3.41. The minimum absolute atomic E-state index is 0.115. The number of hydrogen-bond donors (Lipinski definition) is 1. The Morgan fingerprint density at radius 3 is 2.88 bits per heavy atom. The van der Waals surface area contributed by atoms with Gasteiger partial charge in [0, 0.05) is 11.3 Å². The number of nitrogens with two attached hydrogens (primary N) is 1. The number of methoxy groups -OCH3 is 1. The fourth-order valence-corrected chi connectivity index (χ4v) is 1.20. The first-order valence-electron chi connectivity index (χ1n) is 4.83. The highest BCUT2D eigenvalue weighted by molar-refractivity contribution is 5.72. The van der Waals surface area contributed by atoms with Gasteiger partial charge in [-0.1, -0.05) is 12.2 Å². The van der Waals surface area contributed by atoms with Crippen LogP contribution in [0.2, 0.25) is 0 Å². The Balaban J connectivity index is 2.81. The van der Waals surface area contributed by atoms with E-state index in [1.54, 1.807) is 19.1 Å². The van der Waals surface area contributed by atoms with E-state index in [2.05, 4.69) is 4.74 Å². The normalized spacial score (nSPS) is 10.7. The van der Waals surface area contributed by atoms with Gasteiger partial charge in [-0.2, -0.15) is 0 Å². The summed E-state index contributed by atoms with van der Waals surface area (Å²) in [7, 11) is 1.31. The summed E-state index contributed by atoms with van der Waals surface area (Å²) >= 11 is 0. The number of esters is 1. The Kier molecular flexibility index (Phi) is 4.05. The molecule has 0 bridgehead atoms. The molecule has 0 radical (unpaired) electrons. The Bertz CT molecular complexity index is 427. The molecule has 0 saturated carbocycles. The van der Waals surface area contributed by atoms with E-state index in [-0.39, 0.29) is 18.2 Å². The maximum Gasteiger partial charge on any atom is 0.309 e. The summed E-state index contributed by atoms with van der Waals surface area (Å²) < 4.78 is 17.9. The van der Waals surface area contributed by atoms with E-state index >= 15 is 0 Å². The Hall–Kier alpha value is -1.84. The van der Waals surface area contributed by atoms with Crippen molar-refractivity contribution in [3.8, 4) is 0 Å². The van der Waals surface area contributed by atoms with Gasteiger partial charge < -0.3 is 10.5 Å². The molecule has 0 heterocycles. The van der Waals surface area contributed by atoms with Crippen LogP contribution in [0.5, 0.6) is 0 Å². The lowest BCUT2D eigenvalue weighted by Crippen LogP contribution is -1.97. The largest absolute Gasteiger partial charge is 0.469 e. The zero-order chi connectivity index (χ0) is 12.1. The van der Waals surface area contributed by atoms with Crippen molar-refractivity contribution in [2.24, 2.45) is 0 Å². The van der Waals surface area contributed by atoms with Crippen molar-refractivity contribution in [2.45, 2.75) is 13.3 Å². The highest BCUT2D eigenvalue weighted by Gasteiger charge is 2.02. The summed E-state index contributed by atoms with van der Waals surface area (Å²) in [6.07, 6.45) is 3.17. The highest BCUT2D eigenvalue weighted by atomic mass is 19.1. The minimum atomic E-state index is -0.364. The number of aryl methyl sites for hydroxylation is 1. The average Bonchev–Trinajstić information content (AvgIpc) is 2.25. The van der Waals surface area contributed by atoms with Crippen molar-refractivity contribution >= 4 is 17.7 Å². The summed E-state index contributed by atoms with van der Waals surface area (Å²) in [5.74, 6) is -0.718. The molecule has 3 nitrogen and oxygen atoms in total. The molecule has 1 aromatic carbocycles. The molecule has 86 valence electrons. The van der Waals surface area contributed by atoms with Gasteiger partial charge in [-0.25, -0.2) is 4.39 Å². The van der Waals surface area contributed by atoms with Crippen LogP contribution in [0.4, 0.5) is 10.1 Å². The number of carbonyl (C=O) groups excluding carboxylic acids is 1. The zero-order valence-electron chi connectivity index (χ0n) is 9.29. The summed E-state index contributed by atoms with van der Waals surface area (Å²) in [6.45, 7) is 1.74. The number of hydrogen-bond acceptors (Lipinski definition) is 3. The van der Waals surface area contributed by atoms with Crippen molar-refractivity contribution in [3.63, 3.8) is 0 Å². The number of nitrogen functional groups attached to an aromatic ring is 1. The van der Waals surface area contributed by atoms with Crippen LogP contribution in [0, 0.1) is 12.7 Å². The number of rotatable bonds is 3. The fraction of sp³-hybridized carbons (Fsp3) is 0.250. The van der Waals surface area contributed by atoms with E-state index < -0.39 is 0 Å². The van der Waals surface area contributed by atoms with Crippen molar-refractivity contribution in [3.05, 3.63) is 35.2 Å². The topological polar surface area (TPSA) is 52.3 Å². The molecule has 0 unspecified atom stereocenters. The molecule has 0 saturated heterocycles. The predicted molar refractivity (Wildman–Crippen MR) is 61.2 cm³/mol. The Morgan fingerprint density at radius 2 is 2.25 bits per heavy atom. The third-order valence-corrected chi connectivity index (χ3v) is 2.19. The van der Waals surface area contributed by atoms with Gasteiger partial charge in [-0.15, -0.1) is 0 Å². The molecule has 0 spiro atoms. The van der Waals surface area contributed by atoms with Crippen LogP contribution in [-0.2, 0) is 9.53 Å². The van der Waals surface area contributed by atoms with Crippen LogP contribution in [0.15, 0.2) is 18.2 Å². The van der Waals surface area contributed by atoms with E-state index in [9.17, 15) is 9.18 Å². The Labute approximate surface area is 93.7 Å². The number of benzene rings is 1. The van der Waals surface area contributed by atoms with Crippen LogP contribution < -0.4 is 5.73 Å². The van der Waals surface area contributed by atoms with E-state index in [1.165, 1.54) is 19.3 Å². The summed E-state index contributed by atoms with van der Waals surface area (Å²) in [4.78, 5) is 10.8. The lowest BCUT2D eigenvalue weighted by Gasteiger charge is -2.03. The van der Waals surface area contributed by atoms with E-state index in [4.69, 9.17) is 5.73 Å². The van der Waals surface area contributed by atoms with Crippen molar-refractivity contribution < 1.29 is 13.9 Å². The first-order valence-corrected chi connectivity index (χ1v) is 4.83. The van der Waals surface area contributed by atoms with Gasteiger partial charge in [0.1, 0.15) is 5.82 Å². The standard InChI is InChI=1S/C12H14FNO2/c1-8-6-10(13)9(7-11(8)14)4-3-5-12(15)16-2/h3-4,6-7H,5,14H2,1-2H3. The first-order chi connectivity index (χ1) is 7.54. The molecule has 0 aliphatic carbocycles. The zero-order valence-corrected chi connectivity index (χ0v) is 9.29. The smallest absolute Gasteiger partial charge is 0.309 e. The quantitative estimate of drug-likeness (QED) is 0.631. The van der Waals surface area contributed by atoms with Gasteiger partial charge in [0.25, 0.3) is 0 Å². The van der Waals surface area contributed by atoms with Crippen LogP contribution in [0.25, 0.3) is 6.08 Å². The molecule has 1 rings (SSSR count). The monoisotopic (exact) mass is 223 g/mol. The summed E-state index contributed by atoms with van der Waals surface area (Å²) in [5, 5.41) is 0. The lowest BCUT2D eigenvalue weighted by atomic mass is 10.1. The number of halogens is 1. The molecule has 0 amide bonds. The number of anilines is 1. The number of ether oxygens (including phenoxy) is 1. The molecule has 0 aromatic heterocycles. The molecule has 0 aliphatic rings. The van der Waals surface area contributed by atoms with Gasteiger partial charge in [-0.05, 0) is 24.6 Å². The van der Waals surface area contributed by atoms with Gasteiger partial charge >= 0.3 is 5.97 Å². The highest BCUT2D eigenvalue weighted by Crippen LogP contribution is 2.18. The molecular formula is C12H14FNO2. The second kappa shape index (κ2) is 5.30. The van der Waals surface area contributed by atoms with Crippen LogP contribution in [0.3, 0.4) is 0 Å². The Morgan fingerprint density at radius 1 is 1.56 bits per heavy atom. The molecule has 1 aromatic rings. The molecule has 0 atom stereocenters. The van der Waals surface area contributed by atoms with Crippen LogP contribution >= 0.6 is 0 Å². The van der Waals surface area contributed by atoms with Gasteiger partial charge in [0.15, 0.2) is 0 Å². The predicted octanol–water partition coefficient (Wildman–Crippen LogP) is 2.29. The van der Waals surface area contributed by atoms with E-state index in [0.717, 1.165) is 0 Å². The summed E-state index contributed by atoms with van der Waals surface area (Å²) in [5.41, 5.74) is 7.25. The molecular weight excluding hydrogens is 209 g/mol. The average molecular weight is 223 g/mol. The summed E-state index contributed by atoms with van der Waals surface area (Å²) in [6, 6.07) is 2.91. The van der Waals surface area contributed by atoms with Crippen LogP contribution in [-0.4, -0.2) is 13.1 Å². The van der Waals surface area contributed by atoms with Gasteiger partial charge in [-0.3, -0.25) is 4.79 Å². The molecule has 0 aliphatic heterocycles. The van der Waals surface area contributed by atoms with Crippen molar-refractivity contribution in [2.75, 3.05) is 12.8 Å². The SMILES string of the molecule is COC(=O)CC=Cc1cc(N)c(C)cc1F. The maximum atomic E-state index is 13.4. The van der Waals surface area contributed by atoms with Crippen molar-refractivity contribution in [1.82, 2.24) is 0 Å². The minimum Gasteiger partial charge on any atom is -0.469 e. The molecule has 4 heteroatoms.